The first-order valence-corrected chi connectivity index (χ1v) is 9.44. The third kappa shape index (κ3) is 4.86. The van der Waals surface area contributed by atoms with E-state index in [-0.39, 0.29) is 29.8 Å². The van der Waals surface area contributed by atoms with Gasteiger partial charge in [-0.25, -0.2) is 0 Å². The fourth-order valence-corrected chi connectivity index (χ4v) is 3.24. The van der Waals surface area contributed by atoms with E-state index >= 15 is 0 Å². The number of aryl methyl sites for hydroxylation is 1. The quantitative estimate of drug-likeness (QED) is 0.763. The van der Waals surface area contributed by atoms with Crippen LogP contribution in [0.15, 0.2) is 18.3 Å². The third-order valence-electron chi connectivity index (χ3n) is 4.99. The predicted molar refractivity (Wildman–Crippen MR) is 97.8 cm³/mol. The van der Waals surface area contributed by atoms with E-state index in [4.69, 9.17) is 0 Å². The SMILES string of the molecule is Cn1cccc1CN(C(=O)CN(C(=O)CC(C)(C)C)C1CC1)C1CC1. The van der Waals surface area contributed by atoms with Crippen LogP contribution in [0.4, 0.5) is 0 Å². The van der Waals surface area contributed by atoms with Crippen molar-refractivity contribution in [2.24, 2.45) is 12.5 Å². The van der Waals surface area contributed by atoms with E-state index in [1.165, 1.54) is 0 Å². The molecule has 2 amide bonds. The molecule has 0 atom stereocenters. The zero-order valence-electron chi connectivity index (χ0n) is 16.0. The summed E-state index contributed by atoms with van der Waals surface area (Å²) >= 11 is 0. The fourth-order valence-electron chi connectivity index (χ4n) is 3.24. The van der Waals surface area contributed by atoms with E-state index in [2.05, 4.69) is 31.4 Å². The lowest BCUT2D eigenvalue weighted by molar-refractivity contribution is -0.142. The summed E-state index contributed by atoms with van der Waals surface area (Å²) in [6.07, 6.45) is 6.73. The molecule has 2 aliphatic carbocycles. The van der Waals surface area contributed by atoms with Gasteiger partial charge in [0.05, 0.1) is 6.54 Å². The maximum Gasteiger partial charge on any atom is 0.242 e. The van der Waals surface area contributed by atoms with Crippen molar-refractivity contribution in [1.29, 1.82) is 0 Å². The van der Waals surface area contributed by atoms with E-state index in [9.17, 15) is 9.59 Å². The van der Waals surface area contributed by atoms with Gasteiger partial charge in [-0.05, 0) is 43.2 Å². The van der Waals surface area contributed by atoms with E-state index in [0.717, 1.165) is 31.4 Å². The highest BCUT2D eigenvalue weighted by Crippen LogP contribution is 2.32. The van der Waals surface area contributed by atoms with Crippen molar-refractivity contribution in [3.05, 3.63) is 24.0 Å². The standard InChI is InChI=1S/C20H31N3O2/c1-20(2,3)12-18(24)23(16-9-10-16)14-19(25)22(15-7-8-15)13-17-6-5-11-21(17)4/h5-6,11,15-16H,7-10,12-14H2,1-4H3. The van der Waals surface area contributed by atoms with Crippen LogP contribution in [0.25, 0.3) is 0 Å². The fraction of sp³-hybridized carbons (Fsp3) is 0.700. The summed E-state index contributed by atoms with van der Waals surface area (Å²) in [7, 11) is 2.01. The maximum absolute atomic E-state index is 13.0. The first kappa shape index (κ1) is 18.0. The van der Waals surface area contributed by atoms with Gasteiger partial charge in [-0.3, -0.25) is 9.59 Å². The Morgan fingerprint density at radius 2 is 1.68 bits per heavy atom. The molecule has 3 rings (SSSR count). The molecule has 2 aliphatic rings. The van der Waals surface area contributed by atoms with Crippen LogP contribution < -0.4 is 0 Å². The van der Waals surface area contributed by atoms with Crippen LogP contribution in [-0.2, 0) is 23.2 Å². The smallest absolute Gasteiger partial charge is 0.242 e. The van der Waals surface area contributed by atoms with Crippen LogP contribution in [0, 0.1) is 5.41 Å². The van der Waals surface area contributed by atoms with Crippen molar-refractivity contribution in [3.8, 4) is 0 Å². The van der Waals surface area contributed by atoms with Crippen LogP contribution in [0.5, 0.6) is 0 Å². The van der Waals surface area contributed by atoms with Gasteiger partial charge >= 0.3 is 0 Å². The highest BCUT2D eigenvalue weighted by Gasteiger charge is 2.38. The second-order valence-corrected chi connectivity index (χ2v) is 8.85. The van der Waals surface area contributed by atoms with E-state index in [0.29, 0.717) is 19.0 Å². The molecule has 0 saturated heterocycles. The van der Waals surface area contributed by atoms with Crippen molar-refractivity contribution in [1.82, 2.24) is 14.4 Å². The molecule has 0 bridgehead atoms. The lowest BCUT2D eigenvalue weighted by Gasteiger charge is -2.30. The van der Waals surface area contributed by atoms with Gasteiger partial charge in [0, 0.05) is 37.4 Å². The van der Waals surface area contributed by atoms with E-state index in [1.807, 2.05) is 29.1 Å². The van der Waals surface area contributed by atoms with Crippen LogP contribution in [0.1, 0.15) is 58.6 Å². The van der Waals surface area contributed by atoms with Gasteiger partial charge in [0.1, 0.15) is 6.54 Å². The minimum Gasteiger partial charge on any atom is -0.353 e. The molecule has 0 aliphatic heterocycles. The molecule has 0 aromatic carbocycles. The first-order valence-electron chi connectivity index (χ1n) is 9.44. The highest BCUT2D eigenvalue weighted by atomic mass is 16.2. The van der Waals surface area contributed by atoms with Crippen LogP contribution >= 0.6 is 0 Å². The summed E-state index contributed by atoms with van der Waals surface area (Å²) in [5.41, 5.74) is 1.09. The lowest BCUT2D eigenvalue weighted by atomic mass is 9.91. The molecule has 1 heterocycles. The minimum atomic E-state index is -0.0491. The number of hydrogen-bond donors (Lipinski definition) is 0. The number of aromatic nitrogens is 1. The first-order chi connectivity index (χ1) is 11.7. The average Bonchev–Trinajstić information content (AvgIpc) is 3.40. The second kappa shape index (κ2) is 6.85. The Balaban J connectivity index is 1.66. The second-order valence-electron chi connectivity index (χ2n) is 8.85. The van der Waals surface area contributed by atoms with Gasteiger partial charge in [0.15, 0.2) is 0 Å². The molecular weight excluding hydrogens is 314 g/mol. The normalized spacial score (nSPS) is 17.4. The monoisotopic (exact) mass is 345 g/mol. The maximum atomic E-state index is 13.0. The molecule has 5 nitrogen and oxygen atoms in total. The van der Waals surface area contributed by atoms with Crippen LogP contribution in [0.2, 0.25) is 0 Å². The van der Waals surface area contributed by atoms with Crippen molar-refractivity contribution >= 4 is 11.8 Å². The molecular formula is C20H31N3O2. The average molecular weight is 345 g/mol. The molecule has 1 aromatic heterocycles. The Kier molecular flexibility index (Phi) is 4.94. The van der Waals surface area contributed by atoms with E-state index in [1.54, 1.807) is 0 Å². The summed E-state index contributed by atoms with van der Waals surface area (Å²) in [6, 6.07) is 4.69. The summed E-state index contributed by atoms with van der Waals surface area (Å²) in [5.74, 6) is 0.218. The topological polar surface area (TPSA) is 45.6 Å². The molecule has 1 aromatic rings. The summed E-state index contributed by atoms with van der Waals surface area (Å²) in [4.78, 5) is 29.5. The van der Waals surface area contributed by atoms with Crippen molar-refractivity contribution in [2.75, 3.05) is 6.54 Å². The molecule has 25 heavy (non-hydrogen) atoms. The minimum absolute atomic E-state index is 0.0491. The lowest BCUT2D eigenvalue weighted by Crippen LogP contribution is -2.45. The largest absolute Gasteiger partial charge is 0.353 e. The Bertz CT molecular complexity index is 636. The Hall–Kier alpha value is -1.78. The van der Waals surface area contributed by atoms with Crippen LogP contribution in [-0.4, -0.2) is 44.8 Å². The molecule has 0 unspecified atom stereocenters. The zero-order chi connectivity index (χ0) is 18.2. The van der Waals surface area contributed by atoms with Crippen LogP contribution in [0.3, 0.4) is 0 Å². The Morgan fingerprint density at radius 3 is 2.16 bits per heavy atom. The molecule has 2 saturated carbocycles. The number of nitrogens with zero attached hydrogens (tertiary/aromatic N) is 3. The van der Waals surface area contributed by atoms with E-state index < -0.39 is 0 Å². The number of rotatable bonds is 7. The van der Waals surface area contributed by atoms with Crippen molar-refractivity contribution in [3.63, 3.8) is 0 Å². The van der Waals surface area contributed by atoms with Gasteiger partial charge in [0.2, 0.25) is 11.8 Å². The Labute approximate surface area is 151 Å². The molecule has 5 heteroatoms. The molecule has 2 fully saturated rings. The number of carbonyl (C=O) groups excluding carboxylic acids is 2. The number of amides is 2. The Morgan fingerprint density at radius 1 is 1.08 bits per heavy atom. The molecule has 0 radical (unpaired) electrons. The molecule has 0 N–H and O–H groups in total. The number of hydrogen-bond acceptors (Lipinski definition) is 2. The van der Waals surface area contributed by atoms with Crippen molar-refractivity contribution < 1.29 is 9.59 Å². The summed E-state index contributed by atoms with van der Waals surface area (Å²) < 4.78 is 2.06. The van der Waals surface area contributed by atoms with Gasteiger partial charge < -0.3 is 14.4 Å². The van der Waals surface area contributed by atoms with Gasteiger partial charge in [0.25, 0.3) is 0 Å². The van der Waals surface area contributed by atoms with Gasteiger partial charge in [-0.2, -0.15) is 0 Å². The van der Waals surface area contributed by atoms with Gasteiger partial charge in [-0.1, -0.05) is 20.8 Å². The summed E-state index contributed by atoms with van der Waals surface area (Å²) in [5, 5.41) is 0. The summed E-state index contributed by atoms with van der Waals surface area (Å²) in [6.45, 7) is 7.09. The highest BCUT2D eigenvalue weighted by molar-refractivity contribution is 5.86. The number of carbonyl (C=O) groups is 2. The third-order valence-corrected chi connectivity index (χ3v) is 4.99. The predicted octanol–water partition coefficient (Wildman–Crippen LogP) is 2.94. The molecule has 0 spiro atoms. The van der Waals surface area contributed by atoms with Gasteiger partial charge in [-0.15, -0.1) is 0 Å². The van der Waals surface area contributed by atoms with Crippen molar-refractivity contribution in [2.45, 2.75) is 71.5 Å². The molecule has 138 valence electrons. The zero-order valence-corrected chi connectivity index (χ0v) is 16.0.